The Balaban J connectivity index is 1.43. The number of furan rings is 2. The van der Waals surface area contributed by atoms with Gasteiger partial charge in [-0.1, -0.05) is 72.8 Å². The molecular formula is C30H18O2. The fourth-order valence-corrected chi connectivity index (χ4v) is 4.73. The minimum atomic E-state index is 0.855. The minimum absolute atomic E-state index is 0.855. The molecule has 0 radical (unpaired) electrons. The standard InChI is InChI=1S/C30H18O2/c1-2-7-19(8-3-1)20-9-6-10-21(17-20)22-13-14-23-24-15-16-27-29(30(24)32-28(23)18-22)25-11-4-5-12-26(25)31-27/h1-18H. The van der Waals surface area contributed by atoms with Gasteiger partial charge in [0, 0.05) is 16.2 Å². The Labute approximate surface area is 184 Å². The molecule has 0 aliphatic heterocycles. The average molecular weight is 410 g/mol. The highest BCUT2D eigenvalue weighted by molar-refractivity contribution is 6.22. The van der Waals surface area contributed by atoms with Crippen LogP contribution in [0.5, 0.6) is 0 Å². The lowest BCUT2D eigenvalue weighted by molar-refractivity contribution is 0.663. The zero-order valence-electron chi connectivity index (χ0n) is 17.2. The molecule has 150 valence electrons. The molecule has 2 heterocycles. The first-order valence-corrected chi connectivity index (χ1v) is 10.8. The molecule has 2 heteroatoms. The Morgan fingerprint density at radius 2 is 1.09 bits per heavy atom. The van der Waals surface area contributed by atoms with Gasteiger partial charge in [-0.3, -0.25) is 0 Å². The van der Waals surface area contributed by atoms with Crippen LogP contribution in [0.1, 0.15) is 0 Å². The van der Waals surface area contributed by atoms with Crippen molar-refractivity contribution in [1.29, 1.82) is 0 Å². The summed E-state index contributed by atoms with van der Waals surface area (Å²) in [6.45, 7) is 0. The number of hydrogen-bond donors (Lipinski definition) is 0. The van der Waals surface area contributed by atoms with E-state index < -0.39 is 0 Å². The molecule has 0 spiro atoms. The summed E-state index contributed by atoms with van der Waals surface area (Å²) < 4.78 is 12.5. The van der Waals surface area contributed by atoms with Crippen LogP contribution < -0.4 is 0 Å². The molecule has 5 aromatic carbocycles. The first kappa shape index (κ1) is 17.4. The van der Waals surface area contributed by atoms with Crippen molar-refractivity contribution in [1.82, 2.24) is 0 Å². The summed E-state index contributed by atoms with van der Waals surface area (Å²) in [6, 6.07) is 37.9. The maximum absolute atomic E-state index is 6.45. The van der Waals surface area contributed by atoms with Gasteiger partial charge in [-0.2, -0.15) is 0 Å². The van der Waals surface area contributed by atoms with Crippen LogP contribution in [0.25, 0.3) is 66.1 Å². The molecule has 0 N–H and O–H groups in total. The van der Waals surface area contributed by atoms with Crippen molar-refractivity contribution in [2.45, 2.75) is 0 Å². The first-order valence-electron chi connectivity index (χ1n) is 10.8. The Morgan fingerprint density at radius 3 is 2.00 bits per heavy atom. The molecule has 0 saturated heterocycles. The summed E-state index contributed by atoms with van der Waals surface area (Å²) in [5.41, 5.74) is 8.25. The summed E-state index contributed by atoms with van der Waals surface area (Å²) in [5, 5.41) is 4.36. The van der Waals surface area contributed by atoms with Gasteiger partial charge in [-0.05, 0) is 58.7 Å². The zero-order valence-corrected chi connectivity index (χ0v) is 17.2. The molecule has 7 aromatic rings. The van der Waals surface area contributed by atoms with Crippen molar-refractivity contribution in [2.24, 2.45) is 0 Å². The number of rotatable bonds is 2. The molecular weight excluding hydrogens is 392 g/mol. The van der Waals surface area contributed by atoms with Crippen LogP contribution in [-0.4, -0.2) is 0 Å². The molecule has 0 fully saturated rings. The molecule has 7 rings (SSSR count). The van der Waals surface area contributed by atoms with Crippen LogP contribution in [0.2, 0.25) is 0 Å². The van der Waals surface area contributed by atoms with Crippen molar-refractivity contribution >= 4 is 43.9 Å². The Kier molecular flexibility index (Phi) is 3.58. The number of benzene rings is 5. The molecule has 0 amide bonds. The van der Waals surface area contributed by atoms with Crippen LogP contribution in [0, 0.1) is 0 Å². The Hall–Kier alpha value is -4.30. The Bertz CT molecular complexity index is 1770. The van der Waals surface area contributed by atoms with Crippen molar-refractivity contribution in [3.63, 3.8) is 0 Å². The van der Waals surface area contributed by atoms with E-state index in [0.717, 1.165) is 49.4 Å². The van der Waals surface area contributed by atoms with E-state index in [1.165, 1.54) is 16.7 Å². The Morgan fingerprint density at radius 1 is 0.375 bits per heavy atom. The van der Waals surface area contributed by atoms with E-state index in [9.17, 15) is 0 Å². The van der Waals surface area contributed by atoms with Crippen LogP contribution >= 0.6 is 0 Å². The van der Waals surface area contributed by atoms with Crippen LogP contribution in [0.15, 0.2) is 118 Å². The van der Waals surface area contributed by atoms with Crippen molar-refractivity contribution in [3.05, 3.63) is 109 Å². The molecule has 2 aromatic heterocycles. The van der Waals surface area contributed by atoms with Gasteiger partial charge in [0.2, 0.25) is 0 Å². The van der Waals surface area contributed by atoms with Gasteiger partial charge in [0.1, 0.15) is 22.3 Å². The maximum atomic E-state index is 6.45. The zero-order chi connectivity index (χ0) is 21.1. The first-order chi connectivity index (χ1) is 15.8. The summed E-state index contributed by atoms with van der Waals surface area (Å²) in [6.07, 6.45) is 0. The molecule has 0 aliphatic carbocycles. The fraction of sp³-hybridized carbons (Fsp3) is 0. The summed E-state index contributed by atoms with van der Waals surface area (Å²) in [7, 11) is 0. The van der Waals surface area contributed by atoms with E-state index in [1.807, 2.05) is 30.3 Å². The predicted molar refractivity (Wildman–Crippen MR) is 132 cm³/mol. The van der Waals surface area contributed by atoms with Crippen molar-refractivity contribution < 1.29 is 8.83 Å². The topological polar surface area (TPSA) is 26.3 Å². The maximum Gasteiger partial charge on any atom is 0.147 e. The smallest absolute Gasteiger partial charge is 0.147 e. The highest BCUT2D eigenvalue weighted by Gasteiger charge is 2.16. The second kappa shape index (κ2) is 6.60. The lowest BCUT2D eigenvalue weighted by atomic mass is 9.98. The molecule has 0 atom stereocenters. The number of fused-ring (bicyclic) bond motifs is 7. The van der Waals surface area contributed by atoms with Crippen molar-refractivity contribution in [3.8, 4) is 22.3 Å². The third-order valence-corrected chi connectivity index (χ3v) is 6.28. The third kappa shape index (κ3) is 2.53. The normalized spacial score (nSPS) is 11.8. The minimum Gasteiger partial charge on any atom is -0.456 e. The number of para-hydroxylation sites is 1. The molecule has 2 nitrogen and oxygen atoms in total. The van der Waals surface area contributed by atoms with Gasteiger partial charge in [-0.25, -0.2) is 0 Å². The third-order valence-electron chi connectivity index (χ3n) is 6.28. The van der Waals surface area contributed by atoms with Gasteiger partial charge in [-0.15, -0.1) is 0 Å². The van der Waals surface area contributed by atoms with Gasteiger partial charge < -0.3 is 8.83 Å². The van der Waals surface area contributed by atoms with Crippen LogP contribution in [0.4, 0.5) is 0 Å². The second-order valence-electron chi connectivity index (χ2n) is 8.17. The second-order valence-corrected chi connectivity index (χ2v) is 8.17. The van der Waals surface area contributed by atoms with Gasteiger partial charge in [0.25, 0.3) is 0 Å². The van der Waals surface area contributed by atoms with Gasteiger partial charge in [0.05, 0.1) is 5.39 Å². The average Bonchev–Trinajstić information content (AvgIpc) is 3.42. The quantitative estimate of drug-likeness (QED) is 0.284. The monoisotopic (exact) mass is 410 g/mol. The van der Waals surface area contributed by atoms with E-state index >= 15 is 0 Å². The van der Waals surface area contributed by atoms with Gasteiger partial charge >= 0.3 is 0 Å². The van der Waals surface area contributed by atoms with E-state index in [1.54, 1.807) is 0 Å². The largest absolute Gasteiger partial charge is 0.456 e. The SMILES string of the molecule is c1ccc(-c2cccc(-c3ccc4c(c3)oc3c4ccc4oc5ccccc5c43)c2)cc1. The van der Waals surface area contributed by atoms with E-state index in [2.05, 4.69) is 78.9 Å². The van der Waals surface area contributed by atoms with E-state index in [4.69, 9.17) is 8.83 Å². The highest BCUT2D eigenvalue weighted by Crippen LogP contribution is 2.40. The fourth-order valence-electron chi connectivity index (χ4n) is 4.73. The molecule has 0 bridgehead atoms. The van der Waals surface area contributed by atoms with Gasteiger partial charge in [0.15, 0.2) is 0 Å². The summed E-state index contributed by atoms with van der Waals surface area (Å²) >= 11 is 0. The summed E-state index contributed by atoms with van der Waals surface area (Å²) in [5.74, 6) is 0. The van der Waals surface area contributed by atoms with E-state index in [-0.39, 0.29) is 0 Å². The van der Waals surface area contributed by atoms with Crippen molar-refractivity contribution in [2.75, 3.05) is 0 Å². The van der Waals surface area contributed by atoms with Crippen LogP contribution in [-0.2, 0) is 0 Å². The molecule has 0 saturated carbocycles. The predicted octanol–water partition coefficient (Wildman–Crippen LogP) is 8.82. The summed E-state index contributed by atoms with van der Waals surface area (Å²) in [4.78, 5) is 0. The lowest BCUT2D eigenvalue weighted by Crippen LogP contribution is -1.81. The molecule has 0 aliphatic rings. The molecule has 32 heavy (non-hydrogen) atoms. The van der Waals surface area contributed by atoms with Crippen LogP contribution in [0.3, 0.4) is 0 Å². The molecule has 0 unspecified atom stereocenters. The lowest BCUT2D eigenvalue weighted by Gasteiger charge is -2.06. The van der Waals surface area contributed by atoms with E-state index in [0.29, 0.717) is 0 Å². The number of hydrogen-bond acceptors (Lipinski definition) is 2. The highest BCUT2D eigenvalue weighted by atomic mass is 16.3.